The Balaban J connectivity index is 1.80. The summed E-state index contributed by atoms with van der Waals surface area (Å²) in [5.74, 6) is 0.296. The average molecular weight is 260 g/mol. The molecule has 4 heteroatoms. The van der Waals surface area contributed by atoms with Gasteiger partial charge in [-0.05, 0) is 37.8 Å². The van der Waals surface area contributed by atoms with Crippen LogP contribution in [0.3, 0.4) is 0 Å². The molecule has 19 heavy (non-hydrogen) atoms. The molecule has 0 amide bonds. The minimum atomic E-state index is 0.0917. The second-order valence-electron chi connectivity index (χ2n) is 5.81. The highest BCUT2D eigenvalue weighted by Crippen LogP contribution is 2.27. The van der Waals surface area contributed by atoms with Crippen molar-refractivity contribution in [1.29, 1.82) is 0 Å². The molecule has 0 aromatic carbocycles. The van der Waals surface area contributed by atoms with Crippen LogP contribution < -0.4 is 5.32 Å². The molecule has 2 fully saturated rings. The summed E-state index contributed by atoms with van der Waals surface area (Å²) in [6.07, 6.45) is 3.51. The van der Waals surface area contributed by atoms with Crippen molar-refractivity contribution in [3.8, 4) is 0 Å². The molecule has 3 rings (SSSR count). The van der Waals surface area contributed by atoms with Gasteiger partial charge >= 0.3 is 0 Å². The molecular weight excluding hydrogens is 240 g/mol. The molecule has 1 aromatic rings. The summed E-state index contributed by atoms with van der Waals surface area (Å²) in [6, 6.07) is 2.69. The van der Waals surface area contributed by atoms with Crippen LogP contribution in [0.2, 0.25) is 0 Å². The second kappa shape index (κ2) is 5.02. The van der Waals surface area contributed by atoms with Crippen LogP contribution in [0.25, 0.3) is 0 Å². The van der Waals surface area contributed by atoms with E-state index in [1.807, 2.05) is 19.9 Å². The molecule has 0 radical (unpaired) electrons. The zero-order chi connectivity index (χ0) is 13.4. The zero-order valence-electron chi connectivity index (χ0n) is 11.5. The quantitative estimate of drug-likeness (QED) is 0.821. The Hall–Kier alpha value is -1.26. The van der Waals surface area contributed by atoms with Gasteiger partial charge in [-0.2, -0.15) is 0 Å². The first kappa shape index (κ1) is 12.8. The van der Waals surface area contributed by atoms with Crippen LogP contribution in [-0.4, -0.2) is 36.1 Å². The van der Waals surface area contributed by atoms with E-state index in [-0.39, 0.29) is 11.7 Å². The Morgan fingerprint density at radius 1 is 1.32 bits per heavy atom. The number of ketones is 1. The predicted molar refractivity (Wildman–Crippen MR) is 72.3 cm³/mol. The van der Waals surface area contributed by atoms with E-state index in [0.29, 0.717) is 17.8 Å². The highest BCUT2D eigenvalue weighted by Gasteiger charge is 2.36. The standard InChI is InChI=1S/C15H20N2O2/c1-9-3-10(2)14(16-6-9)15(18)11-4-12-7-19-8-13(5-11)17-12/h3,6,11-13,17H,4-5,7-8H2,1-2H3. The van der Waals surface area contributed by atoms with Gasteiger partial charge in [0.1, 0.15) is 5.69 Å². The summed E-state index contributed by atoms with van der Waals surface area (Å²) in [6.45, 7) is 5.42. The molecule has 2 aliphatic rings. The van der Waals surface area contributed by atoms with Crippen LogP contribution >= 0.6 is 0 Å². The Morgan fingerprint density at radius 3 is 2.63 bits per heavy atom. The molecule has 3 heterocycles. The second-order valence-corrected chi connectivity index (χ2v) is 5.81. The number of nitrogens with zero attached hydrogens (tertiary/aromatic N) is 1. The Morgan fingerprint density at radius 2 is 2.00 bits per heavy atom. The van der Waals surface area contributed by atoms with Crippen molar-refractivity contribution in [2.75, 3.05) is 13.2 Å². The molecule has 2 saturated heterocycles. The van der Waals surface area contributed by atoms with Crippen LogP contribution in [0.4, 0.5) is 0 Å². The Bertz CT molecular complexity index is 489. The van der Waals surface area contributed by atoms with Gasteiger partial charge in [0.25, 0.3) is 0 Å². The summed E-state index contributed by atoms with van der Waals surface area (Å²) in [5, 5.41) is 3.52. The first-order chi connectivity index (χ1) is 9.13. The minimum absolute atomic E-state index is 0.0917. The summed E-state index contributed by atoms with van der Waals surface area (Å²) < 4.78 is 5.52. The van der Waals surface area contributed by atoms with Crippen LogP contribution in [0.1, 0.15) is 34.5 Å². The molecule has 0 aliphatic carbocycles. The lowest BCUT2D eigenvalue weighted by atomic mass is 9.82. The van der Waals surface area contributed by atoms with Gasteiger partial charge in [0, 0.05) is 24.2 Å². The average Bonchev–Trinajstić information content (AvgIpc) is 2.37. The number of aromatic nitrogens is 1. The number of nitrogens with one attached hydrogen (secondary N) is 1. The fourth-order valence-electron chi connectivity index (χ4n) is 3.22. The third-order valence-electron chi connectivity index (χ3n) is 4.07. The van der Waals surface area contributed by atoms with E-state index in [9.17, 15) is 4.79 Å². The number of hydrogen-bond donors (Lipinski definition) is 1. The van der Waals surface area contributed by atoms with Gasteiger partial charge in [0.2, 0.25) is 0 Å². The maximum absolute atomic E-state index is 12.6. The van der Waals surface area contributed by atoms with E-state index in [1.165, 1.54) is 0 Å². The van der Waals surface area contributed by atoms with Crippen LogP contribution in [0.15, 0.2) is 12.3 Å². The number of Topliss-reactive ketones (excluding diaryl/α,β-unsaturated/α-hetero) is 1. The number of carbonyl (C=O) groups is 1. The number of pyridine rings is 1. The smallest absolute Gasteiger partial charge is 0.184 e. The number of hydrogen-bond acceptors (Lipinski definition) is 4. The minimum Gasteiger partial charge on any atom is -0.378 e. The molecule has 102 valence electrons. The van der Waals surface area contributed by atoms with Gasteiger partial charge < -0.3 is 10.1 Å². The Kier molecular flexibility index (Phi) is 3.37. The van der Waals surface area contributed by atoms with Gasteiger partial charge in [-0.1, -0.05) is 6.07 Å². The van der Waals surface area contributed by atoms with E-state index in [1.54, 1.807) is 6.20 Å². The molecule has 1 aromatic heterocycles. The molecule has 0 saturated carbocycles. The highest BCUT2D eigenvalue weighted by atomic mass is 16.5. The van der Waals surface area contributed by atoms with Crippen LogP contribution in [0.5, 0.6) is 0 Å². The zero-order valence-corrected chi connectivity index (χ0v) is 11.5. The topological polar surface area (TPSA) is 51.2 Å². The number of ether oxygens (including phenoxy) is 1. The lowest BCUT2D eigenvalue weighted by Gasteiger charge is -2.39. The van der Waals surface area contributed by atoms with Crippen molar-refractivity contribution >= 4 is 5.78 Å². The molecule has 2 unspecified atom stereocenters. The third-order valence-corrected chi connectivity index (χ3v) is 4.07. The monoisotopic (exact) mass is 260 g/mol. The lowest BCUT2D eigenvalue weighted by Crippen LogP contribution is -2.55. The maximum atomic E-state index is 12.6. The summed E-state index contributed by atoms with van der Waals surface area (Å²) in [5.41, 5.74) is 2.74. The summed E-state index contributed by atoms with van der Waals surface area (Å²) in [4.78, 5) is 17.0. The number of rotatable bonds is 2. The van der Waals surface area contributed by atoms with E-state index in [0.717, 1.165) is 37.2 Å². The number of aryl methyl sites for hydroxylation is 2. The van der Waals surface area contributed by atoms with Crippen molar-refractivity contribution in [1.82, 2.24) is 10.3 Å². The van der Waals surface area contributed by atoms with Crippen molar-refractivity contribution in [2.45, 2.75) is 38.8 Å². The Labute approximate surface area is 113 Å². The number of carbonyl (C=O) groups excluding carboxylic acids is 1. The molecular formula is C15H20N2O2. The van der Waals surface area contributed by atoms with Gasteiger partial charge in [-0.25, -0.2) is 0 Å². The number of fused-ring (bicyclic) bond motifs is 2. The maximum Gasteiger partial charge on any atom is 0.184 e. The van der Waals surface area contributed by atoms with Gasteiger partial charge in [-0.15, -0.1) is 0 Å². The summed E-state index contributed by atoms with van der Waals surface area (Å²) >= 11 is 0. The van der Waals surface area contributed by atoms with Crippen molar-refractivity contribution in [2.24, 2.45) is 5.92 Å². The molecule has 2 atom stereocenters. The normalized spacial score (nSPS) is 30.1. The fraction of sp³-hybridized carbons (Fsp3) is 0.600. The number of piperidine rings is 1. The van der Waals surface area contributed by atoms with E-state index in [4.69, 9.17) is 4.74 Å². The first-order valence-electron chi connectivity index (χ1n) is 6.94. The van der Waals surface area contributed by atoms with E-state index >= 15 is 0 Å². The van der Waals surface area contributed by atoms with Crippen molar-refractivity contribution in [3.05, 3.63) is 29.1 Å². The largest absolute Gasteiger partial charge is 0.378 e. The van der Waals surface area contributed by atoms with E-state index < -0.39 is 0 Å². The van der Waals surface area contributed by atoms with Gasteiger partial charge in [0.05, 0.1) is 13.2 Å². The predicted octanol–water partition coefficient (Wildman–Crippen LogP) is 1.65. The summed E-state index contributed by atoms with van der Waals surface area (Å²) in [7, 11) is 0. The van der Waals surface area contributed by atoms with Crippen LogP contribution in [-0.2, 0) is 4.74 Å². The van der Waals surface area contributed by atoms with Gasteiger partial charge in [-0.3, -0.25) is 9.78 Å². The molecule has 0 spiro atoms. The third kappa shape index (κ3) is 2.55. The fourth-order valence-corrected chi connectivity index (χ4v) is 3.22. The van der Waals surface area contributed by atoms with E-state index in [2.05, 4.69) is 10.3 Å². The SMILES string of the molecule is Cc1cnc(C(=O)C2CC3COCC(C2)N3)c(C)c1. The molecule has 4 nitrogen and oxygen atoms in total. The molecule has 1 N–H and O–H groups in total. The van der Waals surface area contributed by atoms with Crippen molar-refractivity contribution < 1.29 is 9.53 Å². The first-order valence-corrected chi connectivity index (χ1v) is 6.94. The number of morpholine rings is 1. The highest BCUT2D eigenvalue weighted by molar-refractivity contribution is 5.97. The molecule has 2 aliphatic heterocycles. The van der Waals surface area contributed by atoms with Crippen LogP contribution in [0, 0.1) is 19.8 Å². The van der Waals surface area contributed by atoms with Gasteiger partial charge in [0.15, 0.2) is 5.78 Å². The lowest BCUT2D eigenvalue weighted by molar-refractivity contribution is 0.00942. The molecule has 2 bridgehead atoms. The van der Waals surface area contributed by atoms with Crippen molar-refractivity contribution in [3.63, 3.8) is 0 Å².